The fourth-order valence-corrected chi connectivity index (χ4v) is 4.47. The van der Waals surface area contributed by atoms with Crippen LogP contribution in [0.2, 0.25) is 0 Å². The van der Waals surface area contributed by atoms with Gasteiger partial charge >= 0.3 is 0 Å². The van der Waals surface area contributed by atoms with Crippen molar-refractivity contribution in [2.45, 2.75) is 56.9 Å². The van der Waals surface area contributed by atoms with Gasteiger partial charge in [0.1, 0.15) is 0 Å². The lowest BCUT2D eigenvalue weighted by Gasteiger charge is -2.31. The normalized spacial score (nSPS) is 23.5. The first-order valence-corrected chi connectivity index (χ1v) is 9.28. The minimum absolute atomic E-state index is 0.214. The number of rotatable bonds is 5. The largest absolute Gasteiger partial charge is 0.381 e. The molecule has 0 saturated heterocycles. The number of hydrogen-bond acceptors (Lipinski definition) is 3. The quantitative estimate of drug-likeness (QED) is 0.897. The van der Waals surface area contributed by atoms with Crippen LogP contribution in [0.15, 0.2) is 29.2 Å². The van der Waals surface area contributed by atoms with E-state index in [9.17, 15) is 8.42 Å². The zero-order valence-corrected chi connectivity index (χ0v) is 13.2. The molecule has 1 aliphatic carbocycles. The van der Waals surface area contributed by atoms with E-state index >= 15 is 0 Å². The second-order valence-corrected chi connectivity index (χ2v) is 7.91. The highest BCUT2D eigenvalue weighted by atomic mass is 32.2. The molecule has 0 spiro atoms. The second-order valence-electron chi connectivity index (χ2n) is 5.83. The van der Waals surface area contributed by atoms with E-state index in [4.69, 9.17) is 0 Å². The molecule has 1 aromatic carbocycles. The summed E-state index contributed by atoms with van der Waals surface area (Å²) in [5.41, 5.74) is 0.778. The molecule has 0 radical (unpaired) electrons. The van der Waals surface area contributed by atoms with Crippen LogP contribution in [0.25, 0.3) is 0 Å². The van der Waals surface area contributed by atoms with Crippen LogP contribution in [0.4, 0.5) is 5.69 Å². The third kappa shape index (κ3) is 3.54. The first kappa shape index (κ1) is 15.4. The number of hydrogen-bond donors (Lipinski definition) is 1. The van der Waals surface area contributed by atoms with Crippen molar-refractivity contribution < 1.29 is 8.42 Å². The lowest BCUT2D eigenvalue weighted by atomic mass is 9.86. The molecule has 2 atom stereocenters. The SMILES string of the molecule is CCCS(=O)(=O)c1ccccc1NC1CCCCC1C. The van der Waals surface area contributed by atoms with E-state index in [1.54, 1.807) is 12.1 Å². The Bertz CT molecular complexity index is 539. The van der Waals surface area contributed by atoms with Gasteiger partial charge in [0.25, 0.3) is 0 Å². The first-order chi connectivity index (χ1) is 9.54. The second kappa shape index (κ2) is 6.61. The monoisotopic (exact) mass is 295 g/mol. The van der Waals surface area contributed by atoms with Crippen molar-refractivity contribution in [3.63, 3.8) is 0 Å². The van der Waals surface area contributed by atoms with Gasteiger partial charge in [-0.25, -0.2) is 8.42 Å². The molecule has 112 valence electrons. The molecule has 1 aromatic rings. The summed E-state index contributed by atoms with van der Waals surface area (Å²) < 4.78 is 24.7. The molecule has 2 unspecified atom stereocenters. The summed E-state index contributed by atoms with van der Waals surface area (Å²) in [4.78, 5) is 0.458. The average Bonchev–Trinajstić information content (AvgIpc) is 2.42. The summed E-state index contributed by atoms with van der Waals surface area (Å²) in [6, 6.07) is 7.71. The summed E-state index contributed by atoms with van der Waals surface area (Å²) in [6.07, 6.45) is 5.52. The minimum atomic E-state index is -3.17. The molecule has 3 nitrogen and oxygen atoms in total. The van der Waals surface area contributed by atoms with Gasteiger partial charge in [-0.3, -0.25) is 0 Å². The van der Waals surface area contributed by atoms with Crippen LogP contribution in [0.1, 0.15) is 46.0 Å². The molecule has 1 N–H and O–H groups in total. The standard InChI is InChI=1S/C16H25NO2S/c1-3-12-20(18,19)16-11-7-6-10-15(16)17-14-9-5-4-8-13(14)2/h6-7,10-11,13-14,17H,3-5,8-9,12H2,1-2H3. The van der Waals surface area contributed by atoms with Crippen molar-refractivity contribution in [1.29, 1.82) is 0 Å². The van der Waals surface area contributed by atoms with E-state index in [1.807, 2.05) is 19.1 Å². The molecule has 0 bridgehead atoms. The zero-order valence-electron chi connectivity index (χ0n) is 12.4. The fraction of sp³-hybridized carbons (Fsp3) is 0.625. The Morgan fingerprint density at radius 3 is 2.60 bits per heavy atom. The number of benzene rings is 1. The summed E-state index contributed by atoms with van der Waals surface area (Å²) in [6.45, 7) is 4.15. The molecule has 1 fully saturated rings. The Hall–Kier alpha value is -1.03. The smallest absolute Gasteiger partial charge is 0.180 e. The molecule has 1 aliphatic rings. The highest BCUT2D eigenvalue weighted by Crippen LogP contribution is 2.30. The molecule has 2 rings (SSSR count). The van der Waals surface area contributed by atoms with Crippen LogP contribution < -0.4 is 5.32 Å². The Morgan fingerprint density at radius 1 is 1.20 bits per heavy atom. The van der Waals surface area contributed by atoms with Gasteiger partial charge in [-0.1, -0.05) is 38.8 Å². The predicted octanol–water partition coefficient (Wildman–Crippen LogP) is 3.86. The van der Waals surface area contributed by atoms with Crippen molar-refractivity contribution in [3.8, 4) is 0 Å². The van der Waals surface area contributed by atoms with Gasteiger partial charge in [0, 0.05) is 6.04 Å². The lowest BCUT2D eigenvalue weighted by Crippen LogP contribution is -2.31. The molecule has 4 heteroatoms. The minimum Gasteiger partial charge on any atom is -0.381 e. The van der Waals surface area contributed by atoms with Gasteiger partial charge in [-0.15, -0.1) is 0 Å². The van der Waals surface area contributed by atoms with Gasteiger partial charge in [-0.05, 0) is 37.3 Å². The molecule has 20 heavy (non-hydrogen) atoms. The van der Waals surface area contributed by atoms with E-state index < -0.39 is 9.84 Å². The number of para-hydroxylation sites is 1. The van der Waals surface area contributed by atoms with E-state index in [1.165, 1.54) is 19.3 Å². The van der Waals surface area contributed by atoms with E-state index in [0.717, 1.165) is 12.1 Å². The maximum atomic E-state index is 12.3. The van der Waals surface area contributed by atoms with Crippen LogP contribution in [-0.2, 0) is 9.84 Å². The number of nitrogens with one attached hydrogen (secondary N) is 1. The topological polar surface area (TPSA) is 46.2 Å². The average molecular weight is 295 g/mol. The molecule has 0 amide bonds. The van der Waals surface area contributed by atoms with Gasteiger partial charge < -0.3 is 5.32 Å². The molecular weight excluding hydrogens is 270 g/mol. The van der Waals surface area contributed by atoms with Crippen LogP contribution in [0.3, 0.4) is 0 Å². The highest BCUT2D eigenvalue weighted by molar-refractivity contribution is 7.91. The van der Waals surface area contributed by atoms with Gasteiger partial charge in [0.2, 0.25) is 0 Å². The third-order valence-electron chi connectivity index (χ3n) is 4.15. The van der Waals surface area contributed by atoms with Crippen LogP contribution in [0, 0.1) is 5.92 Å². The lowest BCUT2D eigenvalue weighted by molar-refractivity contribution is 0.349. The first-order valence-electron chi connectivity index (χ1n) is 7.63. The molecular formula is C16H25NO2S. The van der Waals surface area contributed by atoms with Crippen LogP contribution in [-0.4, -0.2) is 20.2 Å². The Labute approximate surface area is 122 Å². The zero-order chi connectivity index (χ0) is 14.6. The van der Waals surface area contributed by atoms with E-state index in [0.29, 0.717) is 23.3 Å². The predicted molar refractivity (Wildman–Crippen MR) is 83.8 cm³/mol. The van der Waals surface area contributed by atoms with Gasteiger partial charge in [0.05, 0.1) is 16.3 Å². The van der Waals surface area contributed by atoms with E-state index in [-0.39, 0.29) is 5.75 Å². The maximum Gasteiger partial charge on any atom is 0.180 e. The van der Waals surface area contributed by atoms with E-state index in [2.05, 4.69) is 12.2 Å². The van der Waals surface area contributed by atoms with Crippen LogP contribution >= 0.6 is 0 Å². The Morgan fingerprint density at radius 2 is 1.90 bits per heavy atom. The molecule has 1 saturated carbocycles. The fourth-order valence-electron chi connectivity index (χ4n) is 2.97. The third-order valence-corrected chi connectivity index (χ3v) is 6.12. The summed E-state index contributed by atoms with van der Waals surface area (Å²) in [7, 11) is -3.17. The molecule has 0 aromatic heterocycles. The van der Waals surface area contributed by atoms with Crippen molar-refractivity contribution in [2.24, 2.45) is 5.92 Å². The van der Waals surface area contributed by atoms with Crippen molar-refractivity contribution in [3.05, 3.63) is 24.3 Å². The summed E-state index contributed by atoms with van der Waals surface area (Å²) in [5, 5.41) is 3.48. The van der Waals surface area contributed by atoms with Crippen molar-refractivity contribution in [2.75, 3.05) is 11.1 Å². The van der Waals surface area contributed by atoms with Crippen molar-refractivity contribution >= 4 is 15.5 Å². The van der Waals surface area contributed by atoms with Crippen molar-refractivity contribution in [1.82, 2.24) is 0 Å². The Kier molecular flexibility index (Phi) is 5.08. The van der Waals surface area contributed by atoms with Gasteiger partial charge in [-0.2, -0.15) is 0 Å². The number of anilines is 1. The number of sulfone groups is 1. The molecule has 0 heterocycles. The van der Waals surface area contributed by atoms with Crippen LogP contribution in [0.5, 0.6) is 0 Å². The highest BCUT2D eigenvalue weighted by Gasteiger charge is 2.24. The summed E-state index contributed by atoms with van der Waals surface area (Å²) in [5.74, 6) is 0.817. The molecule has 0 aliphatic heterocycles. The van der Waals surface area contributed by atoms with Gasteiger partial charge in [0.15, 0.2) is 9.84 Å². The maximum absolute atomic E-state index is 12.3. The Balaban J connectivity index is 2.24. The summed E-state index contributed by atoms with van der Waals surface area (Å²) >= 11 is 0.